The van der Waals surface area contributed by atoms with Gasteiger partial charge in [-0.25, -0.2) is 4.98 Å². The van der Waals surface area contributed by atoms with Gasteiger partial charge in [-0.3, -0.25) is 10.2 Å². The molecule has 148 valence electrons. The number of hydrogen-bond acceptors (Lipinski definition) is 6. The number of pyridine rings is 1. The van der Waals surface area contributed by atoms with E-state index in [4.69, 9.17) is 10.4 Å². The van der Waals surface area contributed by atoms with Crippen molar-refractivity contribution >= 4 is 23.3 Å². The third-order valence-electron chi connectivity index (χ3n) is 5.47. The summed E-state index contributed by atoms with van der Waals surface area (Å²) < 4.78 is 0. The minimum Gasteiger partial charge on any atom is -0.373 e. The van der Waals surface area contributed by atoms with Gasteiger partial charge in [0.25, 0.3) is 5.91 Å². The minimum absolute atomic E-state index is 0.0235. The van der Waals surface area contributed by atoms with Crippen LogP contribution in [0.4, 0.5) is 11.6 Å². The van der Waals surface area contributed by atoms with Crippen molar-refractivity contribution < 1.29 is 4.79 Å². The highest BCUT2D eigenvalue weighted by atomic mass is 16.1. The number of amides is 1. The quantitative estimate of drug-likeness (QED) is 0.594. The molecule has 1 aromatic rings. The Morgan fingerprint density at radius 3 is 2.48 bits per heavy atom. The third kappa shape index (κ3) is 5.19. The van der Waals surface area contributed by atoms with Crippen LogP contribution >= 0.6 is 0 Å². The van der Waals surface area contributed by atoms with E-state index < -0.39 is 0 Å². The maximum absolute atomic E-state index is 12.5. The van der Waals surface area contributed by atoms with Crippen molar-refractivity contribution in [1.82, 2.24) is 15.6 Å². The van der Waals surface area contributed by atoms with Crippen molar-refractivity contribution in [1.29, 1.82) is 5.41 Å². The molecule has 0 aromatic carbocycles. The molecule has 0 unspecified atom stereocenters. The Kier molecular flexibility index (Phi) is 7.04. The van der Waals surface area contributed by atoms with E-state index in [9.17, 15) is 4.79 Å². The zero-order chi connectivity index (χ0) is 19.1. The molecule has 2 fully saturated rings. The molecule has 2 aliphatic rings. The van der Waals surface area contributed by atoms with E-state index in [1.807, 2.05) is 12.1 Å². The SMILES string of the molecule is CNc1nc(N2CCCCCCC2)ccc1C(=N)C(=O)NC1CCNCC1. The average Bonchev–Trinajstić information content (AvgIpc) is 2.67. The summed E-state index contributed by atoms with van der Waals surface area (Å²) in [5, 5.41) is 17.7. The Labute approximate surface area is 161 Å². The van der Waals surface area contributed by atoms with Gasteiger partial charge in [0.1, 0.15) is 17.3 Å². The lowest BCUT2D eigenvalue weighted by molar-refractivity contribution is -0.115. The Bertz CT molecular complexity index is 648. The van der Waals surface area contributed by atoms with E-state index in [0.717, 1.165) is 44.8 Å². The number of aromatic nitrogens is 1. The topological polar surface area (TPSA) is 93.1 Å². The summed E-state index contributed by atoms with van der Waals surface area (Å²) in [6, 6.07) is 3.95. The summed E-state index contributed by atoms with van der Waals surface area (Å²) in [7, 11) is 1.79. The molecule has 1 aromatic heterocycles. The van der Waals surface area contributed by atoms with Gasteiger partial charge in [-0.05, 0) is 50.9 Å². The van der Waals surface area contributed by atoms with E-state index in [0.29, 0.717) is 11.4 Å². The molecule has 7 heteroatoms. The maximum atomic E-state index is 12.5. The summed E-state index contributed by atoms with van der Waals surface area (Å²) in [6.07, 6.45) is 8.06. The molecular formula is C20H32N6O. The number of carbonyl (C=O) groups is 1. The molecule has 0 saturated carbocycles. The first kappa shape index (κ1) is 19.6. The van der Waals surface area contributed by atoms with Crippen molar-refractivity contribution in [3.8, 4) is 0 Å². The van der Waals surface area contributed by atoms with Crippen LogP contribution in [0.15, 0.2) is 12.1 Å². The van der Waals surface area contributed by atoms with E-state index >= 15 is 0 Å². The lowest BCUT2D eigenvalue weighted by Crippen LogP contribution is -2.45. The first-order valence-electron chi connectivity index (χ1n) is 10.2. The number of hydrogen-bond donors (Lipinski definition) is 4. The van der Waals surface area contributed by atoms with Crippen LogP contribution in [-0.4, -0.2) is 55.9 Å². The van der Waals surface area contributed by atoms with Crippen molar-refractivity contribution in [2.45, 2.75) is 51.0 Å². The highest BCUT2D eigenvalue weighted by Crippen LogP contribution is 2.22. The largest absolute Gasteiger partial charge is 0.373 e. The van der Waals surface area contributed by atoms with Gasteiger partial charge >= 0.3 is 0 Å². The molecule has 2 aliphatic heterocycles. The predicted octanol–water partition coefficient (Wildman–Crippen LogP) is 2.13. The standard InChI is InChI=1S/C20H32N6O/c1-22-19-16(18(21)20(27)24-15-9-11-23-12-10-15)7-8-17(25-19)26-13-5-3-2-4-6-14-26/h7-8,15,21,23H,2-6,9-14H2,1H3,(H,22,25)(H,24,27). The first-order valence-corrected chi connectivity index (χ1v) is 10.2. The molecule has 0 atom stereocenters. The van der Waals surface area contributed by atoms with Crippen LogP contribution < -0.4 is 20.9 Å². The normalized spacial score (nSPS) is 19.1. The summed E-state index contributed by atoms with van der Waals surface area (Å²) in [6.45, 7) is 3.85. The minimum atomic E-state index is -0.320. The molecular weight excluding hydrogens is 340 g/mol. The lowest BCUT2D eigenvalue weighted by Gasteiger charge is -2.27. The van der Waals surface area contributed by atoms with Crippen LogP contribution in [0.3, 0.4) is 0 Å². The van der Waals surface area contributed by atoms with E-state index in [2.05, 4.69) is 20.9 Å². The third-order valence-corrected chi connectivity index (χ3v) is 5.47. The van der Waals surface area contributed by atoms with E-state index in [1.165, 1.54) is 32.1 Å². The first-order chi connectivity index (χ1) is 13.2. The second-order valence-electron chi connectivity index (χ2n) is 7.44. The van der Waals surface area contributed by atoms with Gasteiger partial charge in [0, 0.05) is 31.7 Å². The molecule has 0 aliphatic carbocycles. The number of rotatable bonds is 5. The molecule has 0 radical (unpaired) electrons. The zero-order valence-corrected chi connectivity index (χ0v) is 16.3. The van der Waals surface area contributed by atoms with Crippen LogP contribution in [0.1, 0.15) is 50.5 Å². The number of nitrogens with one attached hydrogen (secondary N) is 4. The number of piperidine rings is 1. The Balaban J connectivity index is 1.70. The Hall–Kier alpha value is -2.15. The van der Waals surface area contributed by atoms with Crippen LogP contribution in [0.2, 0.25) is 0 Å². The van der Waals surface area contributed by atoms with Gasteiger partial charge < -0.3 is 20.9 Å². The number of anilines is 2. The molecule has 7 nitrogen and oxygen atoms in total. The van der Waals surface area contributed by atoms with Crippen molar-refractivity contribution in [2.75, 3.05) is 43.4 Å². The van der Waals surface area contributed by atoms with Crippen LogP contribution in [0.25, 0.3) is 0 Å². The van der Waals surface area contributed by atoms with Crippen LogP contribution in [0.5, 0.6) is 0 Å². The zero-order valence-electron chi connectivity index (χ0n) is 16.3. The molecule has 27 heavy (non-hydrogen) atoms. The average molecular weight is 373 g/mol. The highest BCUT2D eigenvalue weighted by molar-refractivity contribution is 6.45. The van der Waals surface area contributed by atoms with Gasteiger partial charge in [0.15, 0.2) is 0 Å². The van der Waals surface area contributed by atoms with Crippen LogP contribution in [-0.2, 0) is 4.79 Å². The molecule has 2 saturated heterocycles. The maximum Gasteiger partial charge on any atom is 0.270 e. The van der Waals surface area contributed by atoms with E-state index in [-0.39, 0.29) is 17.7 Å². The van der Waals surface area contributed by atoms with Gasteiger partial charge in [-0.1, -0.05) is 19.3 Å². The Morgan fingerprint density at radius 2 is 1.81 bits per heavy atom. The molecule has 3 heterocycles. The summed E-state index contributed by atoms with van der Waals surface area (Å²) >= 11 is 0. The van der Waals surface area contributed by atoms with Crippen LogP contribution in [0, 0.1) is 5.41 Å². The summed E-state index contributed by atoms with van der Waals surface area (Å²) in [5.74, 6) is 1.20. The number of carbonyl (C=O) groups excluding carboxylic acids is 1. The molecule has 4 N–H and O–H groups in total. The van der Waals surface area contributed by atoms with E-state index in [1.54, 1.807) is 7.05 Å². The fourth-order valence-corrected chi connectivity index (χ4v) is 3.84. The van der Waals surface area contributed by atoms with Gasteiger partial charge in [0.2, 0.25) is 0 Å². The molecule has 3 rings (SSSR count). The highest BCUT2D eigenvalue weighted by Gasteiger charge is 2.22. The summed E-state index contributed by atoms with van der Waals surface area (Å²) in [5.41, 5.74) is 0.532. The van der Waals surface area contributed by atoms with Crippen molar-refractivity contribution in [2.24, 2.45) is 0 Å². The number of nitrogens with zero attached hydrogens (tertiary/aromatic N) is 2. The molecule has 0 bridgehead atoms. The van der Waals surface area contributed by atoms with Gasteiger partial charge in [-0.15, -0.1) is 0 Å². The van der Waals surface area contributed by atoms with Crippen molar-refractivity contribution in [3.63, 3.8) is 0 Å². The fraction of sp³-hybridized carbons (Fsp3) is 0.650. The predicted molar refractivity (Wildman–Crippen MR) is 110 cm³/mol. The summed E-state index contributed by atoms with van der Waals surface area (Å²) in [4.78, 5) is 19.6. The van der Waals surface area contributed by atoms with Crippen molar-refractivity contribution in [3.05, 3.63) is 17.7 Å². The van der Waals surface area contributed by atoms with Gasteiger partial charge in [0.05, 0.1) is 0 Å². The monoisotopic (exact) mass is 372 g/mol. The molecule has 0 spiro atoms. The van der Waals surface area contributed by atoms with Gasteiger partial charge in [-0.2, -0.15) is 0 Å². The fourth-order valence-electron chi connectivity index (χ4n) is 3.84. The Morgan fingerprint density at radius 1 is 1.15 bits per heavy atom. The second-order valence-corrected chi connectivity index (χ2v) is 7.44. The smallest absolute Gasteiger partial charge is 0.270 e. The second kappa shape index (κ2) is 9.69. The lowest BCUT2D eigenvalue weighted by atomic mass is 10.1. The molecule has 1 amide bonds.